The van der Waals surface area contributed by atoms with Gasteiger partial charge in [0.2, 0.25) is 11.7 Å². The maximum Gasteiger partial charge on any atom is 0.451 e. The predicted molar refractivity (Wildman–Crippen MR) is 110 cm³/mol. The van der Waals surface area contributed by atoms with Crippen LogP contribution in [0.1, 0.15) is 45.1 Å². The number of hydrogen-bond donors (Lipinski definition) is 1. The minimum absolute atomic E-state index is 0.0354. The lowest BCUT2D eigenvalue weighted by molar-refractivity contribution is -0.145. The number of nitrogens with zero attached hydrogens (tertiary/aromatic N) is 4. The van der Waals surface area contributed by atoms with Crippen LogP contribution in [0.15, 0.2) is 24.7 Å². The van der Waals surface area contributed by atoms with Gasteiger partial charge in [-0.1, -0.05) is 0 Å². The molecule has 2 aromatic rings. The van der Waals surface area contributed by atoms with Gasteiger partial charge in [0.1, 0.15) is 17.5 Å². The van der Waals surface area contributed by atoms with Gasteiger partial charge in [-0.2, -0.15) is 13.2 Å². The van der Waals surface area contributed by atoms with Crippen LogP contribution in [0.3, 0.4) is 0 Å². The zero-order valence-corrected chi connectivity index (χ0v) is 18.7. The molecule has 1 N–H and O–H groups in total. The van der Waals surface area contributed by atoms with Gasteiger partial charge in [0, 0.05) is 29.6 Å². The van der Waals surface area contributed by atoms with Crippen molar-refractivity contribution >= 4 is 12.0 Å². The lowest BCUT2D eigenvalue weighted by Crippen LogP contribution is -2.47. The first-order valence-corrected chi connectivity index (χ1v) is 10.7. The molecule has 1 unspecified atom stereocenters. The van der Waals surface area contributed by atoms with E-state index in [1.807, 2.05) is 0 Å². The van der Waals surface area contributed by atoms with E-state index < -0.39 is 35.6 Å². The molecule has 2 saturated heterocycles. The molecule has 1 aliphatic carbocycles. The topological polar surface area (TPSA) is 97.3 Å². The van der Waals surface area contributed by atoms with Crippen molar-refractivity contribution in [3.05, 3.63) is 42.0 Å². The van der Waals surface area contributed by atoms with Crippen molar-refractivity contribution < 1.29 is 31.9 Å². The van der Waals surface area contributed by atoms with E-state index in [1.165, 1.54) is 11.0 Å². The highest BCUT2D eigenvalue weighted by atomic mass is 19.4. The number of carbonyl (C=O) groups is 2. The number of hydrogen-bond acceptors (Lipinski definition) is 6. The van der Waals surface area contributed by atoms with Crippen molar-refractivity contribution in [3.8, 4) is 11.1 Å². The summed E-state index contributed by atoms with van der Waals surface area (Å²) >= 11 is 0. The summed E-state index contributed by atoms with van der Waals surface area (Å²) in [6.07, 6.45) is -1.13. The van der Waals surface area contributed by atoms with Gasteiger partial charge in [-0.15, -0.1) is 0 Å². The van der Waals surface area contributed by atoms with Crippen LogP contribution in [-0.2, 0) is 22.3 Å². The average Bonchev–Trinajstić information content (AvgIpc) is 3.28. The highest BCUT2D eigenvalue weighted by molar-refractivity contribution is 5.87. The van der Waals surface area contributed by atoms with Crippen molar-refractivity contribution in [1.82, 2.24) is 25.2 Å². The normalized spacial score (nSPS) is 21.7. The van der Waals surface area contributed by atoms with Gasteiger partial charge in [0.05, 0.1) is 18.4 Å². The molecule has 5 rings (SSSR count). The third kappa shape index (κ3) is 4.80. The number of aromatic nitrogens is 3. The molecule has 1 saturated carbocycles. The van der Waals surface area contributed by atoms with Gasteiger partial charge in [0.15, 0.2) is 0 Å². The zero-order valence-electron chi connectivity index (χ0n) is 18.7. The van der Waals surface area contributed by atoms with Crippen molar-refractivity contribution in [1.29, 1.82) is 0 Å². The summed E-state index contributed by atoms with van der Waals surface area (Å²) in [5.74, 6) is -2.44. The molecule has 8 nitrogen and oxygen atoms in total. The molecule has 1 atom stereocenters. The number of amides is 2. The molecule has 0 aromatic carbocycles. The van der Waals surface area contributed by atoms with E-state index in [9.17, 15) is 27.2 Å². The molecular formula is C22H23F4N5O3. The maximum atomic E-state index is 14.3. The standard InChI is InChI=1S/C22H23F4N5O3/c1-21(2,3)34-20(33)31-14-4-11(5-14)17(31)18(32)28-9-13-6-15(16(23)10-27-13)12-7-29-19(30-8-12)22(24,25)26/h6-8,10-11,14,17H,4-5,9H2,1-3H3,(H,28,32). The molecule has 2 bridgehead atoms. The van der Waals surface area contributed by atoms with E-state index in [-0.39, 0.29) is 41.2 Å². The van der Waals surface area contributed by atoms with E-state index in [2.05, 4.69) is 20.3 Å². The number of fused-ring (bicyclic) bond motifs is 1. The number of nitrogens with one attached hydrogen (secondary N) is 1. The SMILES string of the molecule is CC(C)(C)OC(=O)N1C2CC(C2)C1C(=O)NCc1cc(-c2cnc(C(F)(F)F)nc2)c(F)cn1. The highest BCUT2D eigenvalue weighted by Crippen LogP contribution is 2.46. The Morgan fingerprint density at radius 3 is 2.35 bits per heavy atom. The van der Waals surface area contributed by atoms with Gasteiger partial charge in [0.25, 0.3) is 0 Å². The van der Waals surface area contributed by atoms with Crippen LogP contribution in [0.2, 0.25) is 0 Å². The Bertz CT molecular complexity index is 1100. The van der Waals surface area contributed by atoms with Gasteiger partial charge in [-0.05, 0) is 45.6 Å². The van der Waals surface area contributed by atoms with Gasteiger partial charge >= 0.3 is 12.3 Å². The molecule has 2 amide bonds. The summed E-state index contributed by atoms with van der Waals surface area (Å²) in [5, 5.41) is 2.72. The van der Waals surface area contributed by atoms with Crippen LogP contribution in [-0.4, -0.2) is 49.5 Å². The quantitative estimate of drug-likeness (QED) is 0.669. The third-order valence-electron chi connectivity index (χ3n) is 5.73. The zero-order chi connectivity index (χ0) is 24.8. The summed E-state index contributed by atoms with van der Waals surface area (Å²) in [6, 6.07) is 0.607. The molecule has 0 spiro atoms. The Kier molecular flexibility index (Phi) is 5.94. The van der Waals surface area contributed by atoms with Gasteiger partial charge < -0.3 is 10.1 Å². The Morgan fingerprint density at radius 1 is 1.12 bits per heavy atom. The molecule has 12 heteroatoms. The van der Waals surface area contributed by atoms with E-state index in [0.29, 0.717) is 0 Å². The minimum atomic E-state index is -4.71. The van der Waals surface area contributed by atoms with E-state index in [4.69, 9.17) is 4.74 Å². The second-order valence-corrected chi connectivity index (χ2v) is 9.38. The van der Waals surface area contributed by atoms with Crippen molar-refractivity contribution in [2.24, 2.45) is 5.92 Å². The van der Waals surface area contributed by atoms with E-state index in [1.54, 1.807) is 20.8 Å². The fourth-order valence-electron chi connectivity index (χ4n) is 4.18. The molecular weight excluding hydrogens is 458 g/mol. The Hall–Kier alpha value is -3.31. The van der Waals surface area contributed by atoms with Crippen LogP contribution in [0.5, 0.6) is 0 Å². The lowest BCUT2D eigenvalue weighted by Gasteiger charge is -2.29. The molecule has 4 heterocycles. The minimum Gasteiger partial charge on any atom is -0.444 e. The molecule has 0 radical (unpaired) electrons. The number of carbonyl (C=O) groups excluding carboxylic acids is 2. The number of ether oxygens (including phenoxy) is 1. The fourth-order valence-corrected chi connectivity index (χ4v) is 4.18. The largest absolute Gasteiger partial charge is 0.451 e. The Morgan fingerprint density at radius 2 is 1.76 bits per heavy atom. The van der Waals surface area contributed by atoms with Crippen LogP contribution in [0, 0.1) is 11.7 Å². The first-order valence-electron chi connectivity index (χ1n) is 10.7. The van der Waals surface area contributed by atoms with Crippen LogP contribution in [0.25, 0.3) is 11.1 Å². The second kappa shape index (κ2) is 8.48. The first kappa shape index (κ1) is 23.8. The highest BCUT2D eigenvalue weighted by Gasteiger charge is 2.56. The Labute approximate surface area is 192 Å². The van der Waals surface area contributed by atoms with Gasteiger partial charge in [-0.25, -0.2) is 19.2 Å². The van der Waals surface area contributed by atoms with E-state index >= 15 is 0 Å². The van der Waals surface area contributed by atoms with Crippen molar-refractivity contribution in [3.63, 3.8) is 0 Å². The third-order valence-corrected chi connectivity index (χ3v) is 5.73. The van der Waals surface area contributed by atoms with Crippen molar-refractivity contribution in [2.75, 3.05) is 0 Å². The molecule has 182 valence electrons. The van der Waals surface area contributed by atoms with Crippen LogP contribution in [0.4, 0.5) is 22.4 Å². The van der Waals surface area contributed by atoms with E-state index in [0.717, 1.165) is 31.4 Å². The van der Waals surface area contributed by atoms with Crippen molar-refractivity contribution in [2.45, 2.75) is 64.0 Å². The number of halogens is 4. The maximum absolute atomic E-state index is 14.3. The smallest absolute Gasteiger partial charge is 0.444 e. The summed E-state index contributed by atoms with van der Waals surface area (Å²) in [4.78, 5) is 37.4. The fraction of sp³-hybridized carbons (Fsp3) is 0.500. The first-order chi connectivity index (χ1) is 15.8. The molecule has 34 heavy (non-hydrogen) atoms. The molecule has 2 aliphatic heterocycles. The average molecular weight is 481 g/mol. The number of rotatable bonds is 4. The number of alkyl halides is 3. The van der Waals surface area contributed by atoms with Crippen LogP contribution >= 0.6 is 0 Å². The monoisotopic (exact) mass is 481 g/mol. The summed E-state index contributed by atoms with van der Waals surface area (Å²) in [6.45, 7) is 5.18. The summed E-state index contributed by atoms with van der Waals surface area (Å²) < 4.78 is 57.8. The Balaban J connectivity index is 1.45. The summed E-state index contributed by atoms with van der Waals surface area (Å²) in [7, 11) is 0. The second-order valence-electron chi connectivity index (χ2n) is 9.38. The molecule has 2 aromatic heterocycles. The summed E-state index contributed by atoms with van der Waals surface area (Å²) in [5.41, 5.74) is -0.430. The molecule has 3 aliphatic rings. The van der Waals surface area contributed by atoms with Crippen LogP contribution < -0.4 is 5.32 Å². The lowest BCUT2D eigenvalue weighted by atomic mass is 9.83. The number of pyridine rings is 1. The molecule has 3 fully saturated rings. The van der Waals surface area contributed by atoms with Gasteiger partial charge in [-0.3, -0.25) is 14.7 Å². The predicted octanol–water partition coefficient (Wildman–Crippen LogP) is 3.71.